The van der Waals surface area contributed by atoms with Gasteiger partial charge in [0.2, 0.25) is 0 Å². The first-order chi connectivity index (χ1) is 7.33. The van der Waals surface area contributed by atoms with Crippen LogP contribution in [0.5, 0.6) is 0 Å². The maximum Gasteiger partial charge on any atom is 0.148 e. The first-order valence-corrected chi connectivity index (χ1v) is 5.98. The third-order valence-electron chi connectivity index (χ3n) is 3.40. The number of nitrogens with one attached hydrogen (secondary N) is 1. The molecule has 0 aromatic carbocycles. The van der Waals surface area contributed by atoms with Crippen molar-refractivity contribution in [2.24, 2.45) is 0 Å². The third-order valence-corrected chi connectivity index (χ3v) is 3.40. The van der Waals surface area contributed by atoms with Crippen LogP contribution < -0.4 is 5.32 Å². The van der Waals surface area contributed by atoms with Gasteiger partial charge < -0.3 is 5.32 Å². The minimum atomic E-state index is 0.549. The number of nitrogens with zero attached hydrogens (tertiary/aromatic N) is 2. The molecule has 15 heavy (non-hydrogen) atoms. The molecule has 1 atom stereocenters. The van der Waals surface area contributed by atoms with Gasteiger partial charge in [0.25, 0.3) is 0 Å². The van der Waals surface area contributed by atoms with E-state index >= 15 is 0 Å². The van der Waals surface area contributed by atoms with E-state index in [1.165, 1.54) is 36.3 Å². The lowest BCUT2D eigenvalue weighted by Gasteiger charge is -2.25. The molecule has 0 saturated carbocycles. The summed E-state index contributed by atoms with van der Waals surface area (Å²) >= 11 is 0. The molecule has 0 amide bonds. The highest BCUT2D eigenvalue weighted by Crippen LogP contribution is 2.26. The average molecular weight is 203 g/mol. The molecular weight excluding hydrogens is 186 g/mol. The van der Waals surface area contributed by atoms with E-state index < -0.39 is 0 Å². The van der Waals surface area contributed by atoms with Crippen molar-refractivity contribution in [3.05, 3.63) is 17.1 Å². The molecule has 2 heterocycles. The molecule has 1 aliphatic carbocycles. The normalized spacial score (nSPS) is 23.9. The molecule has 0 spiro atoms. The number of aromatic nitrogens is 2. The molecule has 1 aromatic heterocycles. The molecule has 3 heteroatoms. The minimum Gasteiger partial charge on any atom is -0.366 e. The SMILES string of the molecule is CC1CCc2nc3c(nc2N1)CCCC3. The van der Waals surface area contributed by atoms with Gasteiger partial charge in [-0.05, 0) is 45.4 Å². The van der Waals surface area contributed by atoms with Crippen molar-refractivity contribution in [1.82, 2.24) is 9.97 Å². The summed E-state index contributed by atoms with van der Waals surface area (Å²) in [5.41, 5.74) is 3.69. The first-order valence-electron chi connectivity index (χ1n) is 5.98. The lowest BCUT2D eigenvalue weighted by atomic mass is 9.99. The summed E-state index contributed by atoms with van der Waals surface area (Å²) in [6.07, 6.45) is 7.07. The van der Waals surface area contributed by atoms with E-state index in [2.05, 4.69) is 12.2 Å². The van der Waals surface area contributed by atoms with Gasteiger partial charge in [0.05, 0.1) is 17.1 Å². The van der Waals surface area contributed by atoms with Crippen molar-refractivity contribution in [2.45, 2.75) is 51.5 Å². The zero-order valence-electron chi connectivity index (χ0n) is 9.21. The van der Waals surface area contributed by atoms with E-state index in [1.54, 1.807) is 0 Å². The Hall–Kier alpha value is -1.12. The van der Waals surface area contributed by atoms with Gasteiger partial charge in [-0.2, -0.15) is 0 Å². The van der Waals surface area contributed by atoms with Crippen LogP contribution in [-0.4, -0.2) is 16.0 Å². The Labute approximate surface area is 90.3 Å². The van der Waals surface area contributed by atoms with Gasteiger partial charge in [0, 0.05) is 6.04 Å². The smallest absolute Gasteiger partial charge is 0.148 e. The topological polar surface area (TPSA) is 37.8 Å². The first kappa shape index (κ1) is 9.13. The van der Waals surface area contributed by atoms with Crippen LogP contribution in [0.3, 0.4) is 0 Å². The summed E-state index contributed by atoms with van der Waals surface area (Å²) in [6.45, 7) is 2.21. The maximum atomic E-state index is 4.76. The van der Waals surface area contributed by atoms with E-state index in [0.717, 1.165) is 25.1 Å². The molecule has 0 fully saturated rings. The van der Waals surface area contributed by atoms with Crippen molar-refractivity contribution >= 4 is 5.82 Å². The molecule has 80 valence electrons. The van der Waals surface area contributed by atoms with Crippen LogP contribution >= 0.6 is 0 Å². The monoisotopic (exact) mass is 203 g/mol. The van der Waals surface area contributed by atoms with Crippen LogP contribution in [0.2, 0.25) is 0 Å². The molecule has 3 nitrogen and oxygen atoms in total. The maximum absolute atomic E-state index is 4.76. The second-order valence-corrected chi connectivity index (χ2v) is 4.70. The Morgan fingerprint density at radius 1 is 1.00 bits per heavy atom. The summed E-state index contributed by atoms with van der Waals surface area (Å²) in [7, 11) is 0. The van der Waals surface area contributed by atoms with Gasteiger partial charge in [0.15, 0.2) is 0 Å². The quantitative estimate of drug-likeness (QED) is 0.701. The summed E-state index contributed by atoms with van der Waals surface area (Å²) in [4.78, 5) is 9.49. The fourth-order valence-electron chi connectivity index (χ4n) is 2.48. The number of fused-ring (bicyclic) bond motifs is 2. The largest absolute Gasteiger partial charge is 0.366 e. The van der Waals surface area contributed by atoms with Crippen LogP contribution in [0.1, 0.15) is 43.3 Å². The molecule has 0 bridgehead atoms. The molecule has 1 unspecified atom stereocenters. The van der Waals surface area contributed by atoms with E-state index in [9.17, 15) is 0 Å². The van der Waals surface area contributed by atoms with Crippen molar-refractivity contribution in [3.63, 3.8) is 0 Å². The fourth-order valence-corrected chi connectivity index (χ4v) is 2.48. The summed E-state index contributed by atoms with van der Waals surface area (Å²) < 4.78 is 0. The number of rotatable bonds is 0. The van der Waals surface area contributed by atoms with E-state index in [-0.39, 0.29) is 0 Å². The number of anilines is 1. The summed E-state index contributed by atoms with van der Waals surface area (Å²) in [5, 5.41) is 3.44. The van der Waals surface area contributed by atoms with Gasteiger partial charge in [-0.1, -0.05) is 0 Å². The molecule has 1 aliphatic heterocycles. The average Bonchev–Trinajstić information content (AvgIpc) is 2.26. The highest BCUT2D eigenvalue weighted by molar-refractivity contribution is 5.45. The lowest BCUT2D eigenvalue weighted by molar-refractivity contribution is 0.614. The van der Waals surface area contributed by atoms with Crippen LogP contribution in [0, 0.1) is 0 Å². The molecule has 0 radical (unpaired) electrons. The molecule has 1 aromatic rings. The fraction of sp³-hybridized carbons (Fsp3) is 0.667. The summed E-state index contributed by atoms with van der Waals surface area (Å²) in [6, 6.07) is 0.549. The van der Waals surface area contributed by atoms with E-state index in [4.69, 9.17) is 9.97 Å². The zero-order chi connectivity index (χ0) is 10.3. The molecular formula is C12H17N3. The van der Waals surface area contributed by atoms with Gasteiger partial charge in [-0.3, -0.25) is 4.98 Å². The number of hydrogen-bond acceptors (Lipinski definition) is 3. The predicted octanol–water partition coefficient (Wildman–Crippen LogP) is 2.10. The Bertz CT molecular complexity index is 387. The molecule has 1 N–H and O–H groups in total. The van der Waals surface area contributed by atoms with Gasteiger partial charge in [-0.15, -0.1) is 0 Å². The highest BCUT2D eigenvalue weighted by atomic mass is 15.1. The standard InChI is InChI=1S/C12H17N3/c1-8-6-7-11-12(13-8)15-10-5-3-2-4-9(10)14-11/h8H,2-7H2,1H3,(H,13,15). The Balaban J connectivity index is 2.02. The zero-order valence-corrected chi connectivity index (χ0v) is 9.21. The molecule has 2 aliphatic rings. The van der Waals surface area contributed by atoms with Crippen LogP contribution in [0.15, 0.2) is 0 Å². The van der Waals surface area contributed by atoms with Crippen LogP contribution in [0.4, 0.5) is 5.82 Å². The van der Waals surface area contributed by atoms with E-state index in [1.807, 2.05) is 0 Å². The van der Waals surface area contributed by atoms with Crippen molar-refractivity contribution in [1.29, 1.82) is 0 Å². The highest BCUT2D eigenvalue weighted by Gasteiger charge is 2.20. The molecule has 0 saturated heterocycles. The molecule has 3 rings (SSSR count). The van der Waals surface area contributed by atoms with Crippen LogP contribution in [-0.2, 0) is 19.3 Å². The van der Waals surface area contributed by atoms with Crippen molar-refractivity contribution in [3.8, 4) is 0 Å². The lowest BCUT2D eigenvalue weighted by Crippen LogP contribution is -2.25. The number of aryl methyl sites for hydroxylation is 3. The van der Waals surface area contributed by atoms with Gasteiger partial charge in [-0.25, -0.2) is 4.98 Å². The Kier molecular flexibility index (Phi) is 2.11. The summed E-state index contributed by atoms with van der Waals surface area (Å²) in [5.74, 6) is 1.05. The van der Waals surface area contributed by atoms with Gasteiger partial charge >= 0.3 is 0 Å². The Morgan fingerprint density at radius 2 is 1.73 bits per heavy atom. The Morgan fingerprint density at radius 3 is 2.53 bits per heavy atom. The second kappa shape index (κ2) is 3.47. The van der Waals surface area contributed by atoms with Crippen LogP contribution in [0.25, 0.3) is 0 Å². The van der Waals surface area contributed by atoms with Crippen molar-refractivity contribution in [2.75, 3.05) is 5.32 Å². The predicted molar refractivity (Wildman–Crippen MR) is 60.1 cm³/mol. The number of hydrogen-bond donors (Lipinski definition) is 1. The second-order valence-electron chi connectivity index (χ2n) is 4.70. The third kappa shape index (κ3) is 1.60. The van der Waals surface area contributed by atoms with E-state index in [0.29, 0.717) is 6.04 Å². The van der Waals surface area contributed by atoms with Crippen molar-refractivity contribution < 1.29 is 0 Å². The minimum absolute atomic E-state index is 0.549. The van der Waals surface area contributed by atoms with Gasteiger partial charge in [0.1, 0.15) is 5.82 Å².